The molecule has 0 aliphatic carbocycles. The first kappa shape index (κ1) is 27.8. The van der Waals surface area contributed by atoms with Gasteiger partial charge in [-0.25, -0.2) is 4.79 Å². The van der Waals surface area contributed by atoms with E-state index in [1.54, 1.807) is 12.1 Å². The number of carbonyl (C=O) groups excluding carboxylic acids is 1. The largest absolute Gasteiger partial charge is 0.519 e. The molecule has 7 nitrogen and oxygen atoms in total. The molecule has 0 unspecified atom stereocenters. The van der Waals surface area contributed by atoms with Gasteiger partial charge < -0.3 is 28.4 Å². The summed E-state index contributed by atoms with van der Waals surface area (Å²) in [7, 11) is 0. The first-order chi connectivity index (χ1) is 16.5. The van der Waals surface area contributed by atoms with E-state index in [4.69, 9.17) is 28.4 Å². The Hall–Kier alpha value is -2.45. The van der Waals surface area contributed by atoms with E-state index in [0.29, 0.717) is 64.4 Å². The van der Waals surface area contributed by atoms with Crippen molar-refractivity contribution >= 4 is 6.16 Å². The van der Waals surface area contributed by atoms with Crippen LogP contribution >= 0.6 is 0 Å². The van der Waals surface area contributed by atoms with E-state index in [9.17, 15) is 4.79 Å². The highest BCUT2D eigenvalue weighted by Crippen LogP contribution is 2.23. The molecule has 2 rings (SSSR count). The van der Waals surface area contributed by atoms with Crippen molar-refractivity contribution in [3.63, 3.8) is 0 Å². The zero-order valence-corrected chi connectivity index (χ0v) is 20.9. The van der Waals surface area contributed by atoms with Gasteiger partial charge in [-0.15, -0.1) is 0 Å². The van der Waals surface area contributed by atoms with Gasteiger partial charge in [0.2, 0.25) is 0 Å². The number of hydrogen-bond acceptors (Lipinski definition) is 7. The standard InChI is InChI=1S/C27H38O7/c1-5-29-15-17-31-13-11-23-7-9-25(21(3)19-23)33-27(28)34-26-10-8-24(20-22(26)4)12-14-32-18-16-30-6-2/h7-10,19-20H,5-6,11-18H2,1-4H3. The summed E-state index contributed by atoms with van der Waals surface area (Å²) in [6, 6.07) is 11.4. The Labute approximate surface area is 203 Å². The number of aryl methyl sites for hydroxylation is 2. The highest BCUT2D eigenvalue weighted by atomic mass is 16.7. The third-order valence-electron chi connectivity index (χ3n) is 5.09. The summed E-state index contributed by atoms with van der Waals surface area (Å²) < 4.78 is 32.5. The molecule has 0 saturated carbocycles. The van der Waals surface area contributed by atoms with Gasteiger partial charge in [0, 0.05) is 13.2 Å². The second-order valence-electron chi connectivity index (χ2n) is 7.77. The molecule has 0 fully saturated rings. The Morgan fingerprint density at radius 1 is 0.618 bits per heavy atom. The Bertz CT molecular complexity index is 797. The van der Waals surface area contributed by atoms with Crippen molar-refractivity contribution in [2.45, 2.75) is 40.5 Å². The van der Waals surface area contributed by atoms with Crippen LogP contribution in [0.2, 0.25) is 0 Å². The van der Waals surface area contributed by atoms with Crippen LogP contribution in [0.25, 0.3) is 0 Å². The molecule has 0 spiro atoms. The van der Waals surface area contributed by atoms with Gasteiger partial charge in [-0.05, 0) is 74.9 Å². The van der Waals surface area contributed by atoms with Crippen LogP contribution in [0, 0.1) is 13.8 Å². The smallest absolute Gasteiger partial charge is 0.394 e. The predicted molar refractivity (Wildman–Crippen MR) is 131 cm³/mol. The Balaban J connectivity index is 1.78. The summed E-state index contributed by atoms with van der Waals surface area (Å²) in [6.45, 7) is 12.7. The van der Waals surface area contributed by atoms with E-state index < -0.39 is 6.16 Å². The number of ether oxygens (including phenoxy) is 6. The minimum Gasteiger partial charge on any atom is -0.394 e. The first-order valence-electron chi connectivity index (χ1n) is 11.9. The molecule has 2 aromatic rings. The van der Waals surface area contributed by atoms with E-state index in [2.05, 4.69) is 0 Å². The van der Waals surface area contributed by atoms with Crippen molar-refractivity contribution in [2.24, 2.45) is 0 Å². The van der Waals surface area contributed by atoms with Crippen LogP contribution in [-0.2, 0) is 31.8 Å². The number of benzene rings is 2. The second-order valence-corrected chi connectivity index (χ2v) is 7.77. The second kappa shape index (κ2) is 16.2. The van der Waals surface area contributed by atoms with Gasteiger partial charge >= 0.3 is 6.16 Å². The molecule has 0 radical (unpaired) electrons. The average molecular weight is 475 g/mol. The Kier molecular flexibility index (Phi) is 13.3. The van der Waals surface area contributed by atoms with Crippen LogP contribution in [0.3, 0.4) is 0 Å². The molecular weight excluding hydrogens is 436 g/mol. The zero-order chi connectivity index (χ0) is 24.6. The summed E-state index contributed by atoms with van der Waals surface area (Å²) in [5.41, 5.74) is 3.95. The van der Waals surface area contributed by atoms with Gasteiger partial charge in [0.05, 0.1) is 39.6 Å². The molecule has 188 valence electrons. The lowest BCUT2D eigenvalue weighted by Crippen LogP contribution is -2.15. The van der Waals surface area contributed by atoms with Gasteiger partial charge in [-0.3, -0.25) is 0 Å². The summed E-state index contributed by atoms with van der Waals surface area (Å²) in [4.78, 5) is 12.3. The van der Waals surface area contributed by atoms with Crippen molar-refractivity contribution in [1.29, 1.82) is 0 Å². The molecule has 0 amide bonds. The highest BCUT2D eigenvalue weighted by Gasteiger charge is 2.12. The van der Waals surface area contributed by atoms with Crippen LogP contribution in [0.4, 0.5) is 4.79 Å². The molecular formula is C27H38O7. The molecule has 0 atom stereocenters. The fraction of sp³-hybridized carbons (Fsp3) is 0.519. The van der Waals surface area contributed by atoms with Crippen molar-refractivity contribution in [3.05, 3.63) is 58.7 Å². The van der Waals surface area contributed by atoms with Crippen molar-refractivity contribution in [2.75, 3.05) is 52.9 Å². The highest BCUT2D eigenvalue weighted by molar-refractivity contribution is 5.68. The molecule has 0 bridgehead atoms. The van der Waals surface area contributed by atoms with E-state index in [1.807, 2.05) is 52.0 Å². The number of carbonyl (C=O) groups is 1. The number of rotatable bonds is 16. The summed E-state index contributed by atoms with van der Waals surface area (Å²) in [5, 5.41) is 0. The van der Waals surface area contributed by atoms with Gasteiger partial charge in [0.15, 0.2) is 0 Å². The molecule has 0 aliphatic rings. The minimum atomic E-state index is -0.759. The average Bonchev–Trinajstić information content (AvgIpc) is 2.82. The summed E-state index contributed by atoms with van der Waals surface area (Å²) in [5.74, 6) is 0.953. The minimum absolute atomic E-state index is 0.476. The molecule has 0 heterocycles. The summed E-state index contributed by atoms with van der Waals surface area (Å²) >= 11 is 0. The monoisotopic (exact) mass is 474 g/mol. The van der Waals surface area contributed by atoms with E-state index in [0.717, 1.165) is 35.1 Å². The van der Waals surface area contributed by atoms with Crippen LogP contribution in [0.15, 0.2) is 36.4 Å². The van der Waals surface area contributed by atoms with Gasteiger partial charge in [-0.2, -0.15) is 0 Å². The third-order valence-corrected chi connectivity index (χ3v) is 5.09. The fourth-order valence-electron chi connectivity index (χ4n) is 3.27. The quantitative estimate of drug-likeness (QED) is 0.191. The maximum absolute atomic E-state index is 12.3. The zero-order valence-electron chi connectivity index (χ0n) is 20.9. The summed E-state index contributed by atoms with van der Waals surface area (Å²) in [6.07, 6.45) is 0.798. The molecule has 0 N–H and O–H groups in total. The van der Waals surface area contributed by atoms with E-state index in [-0.39, 0.29) is 0 Å². The molecule has 0 aliphatic heterocycles. The van der Waals surface area contributed by atoms with Gasteiger partial charge in [0.25, 0.3) is 0 Å². The fourth-order valence-corrected chi connectivity index (χ4v) is 3.27. The van der Waals surface area contributed by atoms with Gasteiger partial charge in [-0.1, -0.05) is 24.3 Å². The van der Waals surface area contributed by atoms with Crippen LogP contribution < -0.4 is 9.47 Å². The van der Waals surface area contributed by atoms with Crippen molar-refractivity contribution in [1.82, 2.24) is 0 Å². The third kappa shape index (κ3) is 10.7. The Morgan fingerprint density at radius 2 is 1.03 bits per heavy atom. The van der Waals surface area contributed by atoms with Gasteiger partial charge in [0.1, 0.15) is 11.5 Å². The first-order valence-corrected chi connectivity index (χ1v) is 11.9. The lowest BCUT2D eigenvalue weighted by Gasteiger charge is -2.12. The van der Waals surface area contributed by atoms with Crippen LogP contribution in [0.5, 0.6) is 11.5 Å². The van der Waals surface area contributed by atoms with E-state index in [1.165, 1.54) is 0 Å². The Morgan fingerprint density at radius 3 is 1.41 bits per heavy atom. The topological polar surface area (TPSA) is 72.5 Å². The maximum Gasteiger partial charge on any atom is 0.519 e. The molecule has 0 aromatic heterocycles. The normalized spacial score (nSPS) is 10.9. The molecule has 34 heavy (non-hydrogen) atoms. The van der Waals surface area contributed by atoms with Crippen molar-refractivity contribution in [3.8, 4) is 11.5 Å². The van der Waals surface area contributed by atoms with Crippen molar-refractivity contribution < 1.29 is 33.2 Å². The number of hydrogen-bond donors (Lipinski definition) is 0. The lowest BCUT2D eigenvalue weighted by molar-refractivity contribution is 0.0541. The van der Waals surface area contributed by atoms with Crippen LogP contribution in [-0.4, -0.2) is 59.0 Å². The van der Waals surface area contributed by atoms with Crippen LogP contribution in [0.1, 0.15) is 36.1 Å². The molecule has 7 heteroatoms. The maximum atomic E-state index is 12.3. The molecule has 2 aromatic carbocycles. The lowest BCUT2D eigenvalue weighted by atomic mass is 10.1. The van der Waals surface area contributed by atoms with E-state index >= 15 is 0 Å². The predicted octanol–water partition coefficient (Wildman–Crippen LogP) is 5.07. The molecule has 0 saturated heterocycles. The SMILES string of the molecule is CCOCCOCCc1ccc(OC(=O)Oc2ccc(CCOCCOCC)cc2C)c(C)c1.